The van der Waals surface area contributed by atoms with Gasteiger partial charge in [0.2, 0.25) is 0 Å². The Balaban J connectivity index is 2.79. The van der Waals surface area contributed by atoms with E-state index in [0.717, 1.165) is 6.07 Å². The number of hydrogen-bond acceptors (Lipinski definition) is 5. The molecule has 0 aliphatic heterocycles. The second-order valence-corrected chi connectivity index (χ2v) is 3.39. The normalized spacial score (nSPS) is 11.3. The van der Waals surface area contributed by atoms with Crippen LogP contribution in [0, 0.1) is 21.4 Å². The van der Waals surface area contributed by atoms with Crippen LogP contribution in [0.25, 0.3) is 0 Å². The number of nitro benzene ring substituents is 1. The van der Waals surface area contributed by atoms with Crippen molar-refractivity contribution in [3.63, 3.8) is 0 Å². The Morgan fingerprint density at radius 3 is 2.94 bits per heavy atom. The summed E-state index contributed by atoms with van der Waals surface area (Å²) in [5, 5.41) is 18.9. The minimum absolute atomic E-state index is 0.0840. The average molecular weight is 234 g/mol. The van der Waals surface area contributed by atoms with E-state index in [9.17, 15) is 14.9 Å². The van der Waals surface area contributed by atoms with Gasteiger partial charge in [-0.05, 0) is 13.0 Å². The average Bonchev–Trinajstić information content (AvgIpc) is 2.29. The van der Waals surface area contributed by atoms with E-state index in [4.69, 9.17) is 10.00 Å². The molecule has 6 heteroatoms. The van der Waals surface area contributed by atoms with Crippen molar-refractivity contribution < 1.29 is 14.5 Å². The third-order valence-corrected chi connectivity index (χ3v) is 1.98. The van der Waals surface area contributed by atoms with Crippen LogP contribution in [0.4, 0.5) is 5.69 Å². The first-order chi connectivity index (χ1) is 8.04. The van der Waals surface area contributed by atoms with Crippen LogP contribution in [0.3, 0.4) is 0 Å². The van der Waals surface area contributed by atoms with Crippen molar-refractivity contribution in [3.05, 3.63) is 39.9 Å². The number of hydrogen-bond donors (Lipinski definition) is 0. The molecule has 1 atom stereocenters. The second kappa shape index (κ2) is 5.61. The van der Waals surface area contributed by atoms with E-state index in [-0.39, 0.29) is 17.7 Å². The van der Waals surface area contributed by atoms with Gasteiger partial charge >= 0.3 is 5.97 Å². The lowest BCUT2D eigenvalue weighted by Gasteiger charge is -2.09. The molecule has 0 fully saturated rings. The molecule has 1 aromatic carbocycles. The quantitative estimate of drug-likeness (QED) is 0.451. The smallest absolute Gasteiger partial charge is 0.338 e. The van der Waals surface area contributed by atoms with Gasteiger partial charge in [-0.15, -0.1) is 0 Å². The van der Waals surface area contributed by atoms with Crippen LogP contribution in [0.5, 0.6) is 0 Å². The minimum Gasteiger partial charge on any atom is -0.458 e. The molecule has 0 bridgehead atoms. The summed E-state index contributed by atoms with van der Waals surface area (Å²) in [4.78, 5) is 21.5. The lowest BCUT2D eigenvalue weighted by Crippen LogP contribution is -2.14. The molecular weight excluding hydrogens is 224 g/mol. The maximum absolute atomic E-state index is 11.6. The summed E-state index contributed by atoms with van der Waals surface area (Å²) in [5.74, 6) is -0.670. The molecule has 0 saturated carbocycles. The summed E-state index contributed by atoms with van der Waals surface area (Å²) in [7, 11) is 0. The van der Waals surface area contributed by atoms with Crippen LogP contribution in [0.15, 0.2) is 24.3 Å². The molecule has 0 aliphatic carbocycles. The van der Waals surface area contributed by atoms with Crippen molar-refractivity contribution in [1.29, 1.82) is 5.26 Å². The van der Waals surface area contributed by atoms with Gasteiger partial charge in [-0.25, -0.2) is 4.79 Å². The van der Waals surface area contributed by atoms with Gasteiger partial charge < -0.3 is 4.74 Å². The Morgan fingerprint density at radius 1 is 1.65 bits per heavy atom. The van der Waals surface area contributed by atoms with Gasteiger partial charge in [-0.2, -0.15) is 5.26 Å². The fraction of sp³-hybridized carbons (Fsp3) is 0.273. The molecule has 0 heterocycles. The Morgan fingerprint density at radius 2 is 2.35 bits per heavy atom. The molecule has 0 unspecified atom stereocenters. The number of nitro groups is 1. The van der Waals surface area contributed by atoms with E-state index in [1.807, 2.05) is 6.07 Å². The number of nitriles is 1. The zero-order valence-electron chi connectivity index (χ0n) is 9.12. The number of nitrogens with zero attached hydrogens (tertiary/aromatic N) is 2. The molecule has 1 rings (SSSR count). The third kappa shape index (κ3) is 3.57. The topological polar surface area (TPSA) is 93.2 Å². The summed E-state index contributed by atoms with van der Waals surface area (Å²) in [6, 6.07) is 7.13. The SMILES string of the molecule is C[C@@H](CC#N)OC(=O)c1cccc([N+](=O)[O-])c1. The van der Waals surface area contributed by atoms with E-state index in [2.05, 4.69) is 0 Å². The lowest BCUT2D eigenvalue weighted by molar-refractivity contribution is -0.384. The molecule has 1 aromatic rings. The molecule has 17 heavy (non-hydrogen) atoms. The van der Waals surface area contributed by atoms with E-state index in [1.54, 1.807) is 6.92 Å². The van der Waals surface area contributed by atoms with Gasteiger partial charge in [-0.1, -0.05) is 6.07 Å². The highest BCUT2D eigenvalue weighted by Crippen LogP contribution is 2.14. The number of ether oxygens (including phenoxy) is 1. The van der Waals surface area contributed by atoms with Crippen LogP contribution in [-0.4, -0.2) is 17.0 Å². The minimum atomic E-state index is -0.670. The van der Waals surface area contributed by atoms with Crippen molar-refractivity contribution in [2.75, 3.05) is 0 Å². The number of esters is 1. The van der Waals surface area contributed by atoms with Crippen LogP contribution >= 0.6 is 0 Å². The molecule has 0 saturated heterocycles. The zero-order valence-corrected chi connectivity index (χ0v) is 9.12. The Kier molecular flexibility index (Phi) is 4.17. The predicted molar refractivity (Wildman–Crippen MR) is 58.2 cm³/mol. The second-order valence-electron chi connectivity index (χ2n) is 3.39. The highest BCUT2D eigenvalue weighted by molar-refractivity contribution is 5.90. The van der Waals surface area contributed by atoms with Gasteiger partial charge in [0, 0.05) is 12.1 Å². The molecule has 0 amide bonds. The number of non-ortho nitro benzene ring substituents is 1. The van der Waals surface area contributed by atoms with Gasteiger partial charge in [0.05, 0.1) is 23.0 Å². The number of carbonyl (C=O) groups is 1. The fourth-order valence-electron chi connectivity index (χ4n) is 1.17. The maximum atomic E-state index is 11.6. The molecular formula is C11H10N2O4. The monoisotopic (exact) mass is 234 g/mol. The molecule has 0 aromatic heterocycles. The summed E-state index contributed by atoms with van der Waals surface area (Å²) >= 11 is 0. The third-order valence-electron chi connectivity index (χ3n) is 1.98. The molecule has 0 radical (unpaired) electrons. The molecule has 6 nitrogen and oxygen atoms in total. The van der Waals surface area contributed by atoms with E-state index >= 15 is 0 Å². The first kappa shape index (κ1) is 12.6. The standard InChI is InChI=1S/C11H10N2O4/c1-8(5-6-12)17-11(14)9-3-2-4-10(7-9)13(15)16/h2-4,7-8H,5H2,1H3/t8-/m0/s1. The van der Waals surface area contributed by atoms with E-state index in [0.29, 0.717) is 0 Å². The van der Waals surface area contributed by atoms with Crippen LogP contribution in [-0.2, 0) is 4.74 Å². The molecule has 0 spiro atoms. The molecule has 0 aliphatic rings. The van der Waals surface area contributed by atoms with Crippen molar-refractivity contribution in [1.82, 2.24) is 0 Å². The van der Waals surface area contributed by atoms with Crippen LogP contribution < -0.4 is 0 Å². The zero-order chi connectivity index (χ0) is 12.8. The van der Waals surface area contributed by atoms with Crippen molar-refractivity contribution in [3.8, 4) is 6.07 Å². The number of rotatable bonds is 4. The number of carbonyl (C=O) groups excluding carboxylic acids is 1. The molecule has 88 valence electrons. The van der Waals surface area contributed by atoms with Crippen molar-refractivity contribution >= 4 is 11.7 Å². The Labute approximate surface area is 97.6 Å². The fourth-order valence-corrected chi connectivity index (χ4v) is 1.17. The highest BCUT2D eigenvalue weighted by Gasteiger charge is 2.14. The van der Waals surface area contributed by atoms with Crippen molar-refractivity contribution in [2.24, 2.45) is 0 Å². The van der Waals surface area contributed by atoms with Gasteiger partial charge in [0.1, 0.15) is 6.10 Å². The largest absolute Gasteiger partial charge is 0.458 e. The van der Waals surface area contributed by atoms with Gasteiger partial charge in [0.15, 0.2) is 0 Å². The highest BCUT2D eigenvalue weighted by atomic mass is 16.6. The molecule has 0 N–H and O–H groups in total. The maximum Gasteiger partial charge on any atom is 0.338 e. The van der Waals surface area contributed by atoms with Crippen LogP contribution in [0.2, 0.25) is 0 Å². The van der Waals surface area contributed by atoms with E-state index < -0.39 is 17.0 Å². The summed E-state index contributed by atoms with van der Waals surface area (Å²) in [6.45, 7) is 1.58. The van der Waals surface area contributed by atoms with Crippen LogP contribution in [0.1, 0.15) is 23.7 Å². The predicted octanol–water partition coefficient (Wildman–Crippen LogP) is 2.05. The van der Waals surface area contributed by atoms with Gasteiger partial charge in [0.25, 0.3) is 5.69 Å². The first-order valence-electron chi connectivity index (χ1n) is 4.87. The number of benzene rings is 1. The van der Waals surface area contributed by atoms with E-state index in [1.165, 1.54) is 18.2 Å². The summed E-state index contributed by atoms with van der Waals surface area (Å²) in [5.41, 5.74) is -0.0728. The first-order valence-corrected chi connectivity index (χ1v) is 4.87. The summed E-state index contributed by atoms with van der Waals surface area (Å²) in [6.07, 6.45) is -0.451. The lowest BCUT2D eigenvalue weighted by atomic mass is 10.2. The van der Waals surface area contributed by atoms with Gasteiger partial charge in [-0.3, -0.25) is 10.1 Å². The van der Waals surface area contributed by atoms with Crippen molar-refractivity contribution in [2.45, 2.75) is 19.4 Å². The Bertz CT molecular complexity index is 479. The Hall–Kier alpha value is -2.42. The summed E-state index contributed by atoms with van der Waals surface area (Å²) < 4.78 is 4.93.